The largest absolute Gasteiger partial charge is 0.467 e. The van der Waals surface area contributed by atoms with Crippen LogP contribution >= 0.6 is 35.8 Å². The van der Waals surface area contributed by atoms with E-state index in [1.165, 1.54) is 11.8 Å². The Morgan fingerprint density at radius 1 is 1.52 bits per heavy atom. The molecule has 2 N–H and O–H groups in total. The standard InChI is InChI=1S/C13H17ClN2O3S.ClH/c1-17-3-2-16-13(15)20-7-10-5-11(14)4-9-6-18-8-19-12(9)10;/h4-5H,2-3,6-8H2,1H3,(H2,15,16);1H. The Morgan fingerprint density at radius 3 is 3.10 bits per heavy atom. The maximum atomic E-state index is 6.10. The number of thioether (sulfide) groups is 1. The minimum atomic E-state index is 0. The maximum absolute atomic E-state index is 6.10. The average Bonchev–Trinajstić information content (AvgIpc) is 2.45. The fourth-order valence-corrected chi connectivity index (χ4v) is 2.77. The number of halogens is 2. The van der Waals surface area contributed by atoms with E-state index in [0.29, 0.717) is 35.7 Å². The van der Waals surface area contributed by atoms with Gasteiger partial charge in [-0.25, -0.2) is 0 Å². The minimum absolute atomic E-state index is 0. The number of hydrogen-bond acceptors (Lipinski definition) is 5. The van der Waals surface area contributed by atoms with Crippen molar-refractivity contribution in [2.45, 2.75) is 12.4 Å². The van der Waals surface area contributed by atoms with Gasteiger partial charge >= 0.3 is 0 Å². The Morgan fingerprint density at radius 2 is 2.33 bits per heavy atom. The molecule has 2 rings (SSSR count). The van der Waals surface area contributed by atoms with E-state index in [0.717, 1.165) is 16.9 Å². The molecule has 118 valence electrons. The van der Waals surface area contributed by atoms with Crippen LogP contribution in [0.3, 0.4) is 0 Å². The lowest BCUT2D eigenvalue weighted by Crippen LogP contribution is -2.14. The third kappa shape index (κ3) is 5.56. The summed E-state index contributed by atoms with van der Waals surface area (Å²) >= 11 is 7.56. The van der Waals surface area contributed by atoms with Crippen molar-refractivity contribution in [3.8, 4) is 5.75 Å². The van der Waals surface area contributed by atoms with Crippen LogP contribution in [0, 0.1) is 0 Å². The van der Waals surface area contributed by atoms with Crippen LogP contribution in [0.4, 0.5) is 0 Å². The zero-order chi connectivity index (χ0) is 14.4. The number of aliphatic imine (C=N–C) groups is 1. The molecule has 1 aromatic carbocycles. The maximum Gasteiger partial charge on any atom is 0.189 e. The summed E-state index contributed by atoms with van der Waals surface area (Å²) in [4.78, 5) is 4.20. The van der Waals surface area contributed by atoms with E-state index in [2.05, 4.69) is 4.99 Å². The van der Waals surface area contributed by atoms with Crippen molar-refractivity contribution in [1.29, 1.82) is 0 Å². The molecule has 8 heteroatoms. The van der Waals surface area contributed by atoms with E-state index in [9.17, 15) is 0 Å². The number of methoxy groups -OCH3 is 1. The molecule has 5 nitrogen and oxygen atoms in total. The molecule has 1 aliphatic heterocycles. The van der Waals surface area contributed by atoms with Gasteiger partial charge in [0.15, 0.2) is 12.0 Å². The molecule has 0 saturated heterocycles. The summed E-state index contributed by atoms with van der Waals surface area (Å²) in [7, 11) is 1.64. The summed E-state index contributed by atoms with van der Waals surface area (Å²) in [6, 6.07) is 3.75. The van der Waals surface area contributed by atoms with Gasteiger partial charge in [-0.2, -0.15) is 0 Å². The normalized spacial score (nSPS) is 14.1. The monoisotopic (exact) mass is 352 g/mol. The van der Waals surface area contributed by atoms with Gasteiger partial charge in [0.1, 0.15) is 5.75 Å². The van der Waals surface area contributed by atoms with Crippen LogP contribution in [0.15, 0.2) is 17.1 Å². The molecular formula is C13H18Cl2N2O3S. The quantitative estimate of drug-likeness (QED) is 0.501. The third-order valence-electron chi connectivity index (χ3n) is 2.69. The lowest BCUT2D eigenvalue weighted by Gasteiger charge is -2.20. The molecule has 0 radical (unpaired) electrons. The average molecular weight is 353 g/mol. The topological polar surface area (TPSA) is 66.1 Å². The number of amidine groups is 1. The summed E-state index contributed by atoms with van der Waals surface area (Å²) in [6.07, 6.45) is 0. The molecule has 0 aliphatic carbocycles. The molecule has 0 spiro atoms. The fraction of sp³-hybridized carbons (Fsp3) is 0.462. The number of nitrogens with two attached hydrogens (primary N) is 1. The van der Waals surface area contributed by atoms with Gasteiger partial charge < -0.3 is 19.9 Å². The lowest BCUT2D eigenvalue weighted by molar-refractivity contribution is -0.0168. The van der Waals surface area contributed by atoms with Crippen molar-refractivity contribution < 1.29 is 14.2 Å². The lowest BCUT2D eigenvalue weighted by atomic mass is 10.1. The molecule has 1 aliphatic rings. The summed E-state index contributed by atoms with van der Waals surface area (Å²) in [5.74, 6) is 1.50. The van der Waals surface area contributed by atoms with Gasteiger partial charge in [-0.05, 0) is 12.1 Å². The molecule has 0 atom stereocenters. The zero-order valence-electron chi connectivity index (χ0n) is 11.6. The number of hydrogen-bond donors (Lipinski definition) is 1. The third-order valence-corrected chi connectivity index (χ3v) is 3.79. The van der Waals surface area contributed by atoms with E-state index < -0.39 is 0 Å². The van der Waals surface area contributed by atoms with Crippen LogP contribution in [0.1, 0.15) is 11.1 Å². The number of benzene rings is 1. The molecule has 0 aromatic heterocycles. The second-order valence-corrected chi connectivity index (χ2v) is 5.60. The molecule has 21 heavy (non-hydrogen) atoms. The summed E-state index contributed by atoms with van der Waals surface area (Å²) < 4.78 is 15.7. The Kier molecular flexibility index (Phi) is 8.21. The summed E-state index contributed by atoms with van der Waals surface area (Å²) in [5.41, 5.74) is 7.81. The van der Waals surface area contributed by atoms with Gasteiger partial charge in [-0.1, -0.05) is 23.4 Å². The van der Waals surface area contributed by atoms with Crippen molar-refractivity contribution in [2.24, 2.45) is 10.7 Å². The Hall–Kier alpha value is -0.660. The molecule has 0 saturated carbocycles. The first-order chi connectivity index (χ1) is 9.70. The highest BCUT2D eigenvalue weighted by Gasteiger charge is 2.16. The predicted molar refractivity (Wildman–Crippen MR) is 88.6 cm³/mol. The van der Waals surface area contributed by atoms with Gasteiger partial charge in [0.05, 0.1) is 19.8 Å². The molecule has 0 amide bonds. The van der Waals surface area contributed by atoms with Gasteiger partial charge in [0, 0.05) is 29.0 Å². The number of nitrogens with zero attached hydrogens (tertiary/aromatic N) is 1. The number of rotatable bonds is 5. The summed E-state index contributed by atoms with van der Waals surface area (Å²) in [6.45, 7) is 1.91. The van der Waals surface area contributed by atoms with E-state index in [4.69, 9.17) is 31.5 Å². The van der Waals surface area contributed by atoms with Gasteiger partial charge in [-0.15, -0.1) is 12.4 Å². The van der Waals surface area contributed by atoms with Crippen LogP contribution in [-0.2, 0) is 21.8 Å². The van der Waals surface area contributed by atoms with Gasteiger partial charge in [0.25, 0.3) is 0 Å². The highest BCUT2D eigenvalue weighted by Crippen LogP contribution is 2.33. The molecule has 1 aromatic rings. The smallest absolute Gasteiger partial charge is 0.189 e. The van der Waals surface area contributed by atoms with E-state index in [1.54, 1.807) is 7.11 Å². The summed E-state index contributed by atoms with van der Waals surface area (Å²) in [5, 5.41) is 1.20. The predicted octanol–water partition coefficient (Wildman–Crippen LogP) is 2.82. The molecular weight excluding hydrogens is 335 g/mol. The second-order valence-electron chi connectivity index (χ2n) is 4.17. The van der Waals surface area contributed by atoms with Crippen molar-refractivity contribution in [2.75, 3.05) is 27.1 Å². The highest BCUT2D eigenvalue weighted by atomic mass is 35.5. The van der Waals surface area contributed by atoms with Gasteiger partial charge in [-0.3, -0.25) is 4.99 Å². The Bertz CT molecular complexity index is 501. The van der Waals surface area contributed by atoms with Crippen molar-refractivity contribution >= 4 is 40.9 Å². The zero-order valence-corrected chi connectivity index (χ0v) is 14.0. The van der Waals surface area contributed by atoms with Crippen LogP contribution in [-0.4, -0.2) is 32.2 Å². The molecule has 0 bridgehead atoms. The van der Waals surface area contributed by atoms with Gasteiger partial charge in [0.2, 0.25) is 0 Å². The fourth-order valence-electron chi connectivity index (χ4n) is 1.81. The van der Waals surface area contributed by atoms with Crippen LogP contribution in [0.5, 0.6) is 5.75 Å². The molecule has 1 heterocycles. The molecule has 0 fully saturated rings. The van der Waals surface area contributed by atoms with E-state index >= 15 is 0 Å². The highest BCUT2D eigenvalue weighted by molar-refractivity contribution is 8.13. The van der Waals surface area contributed by atoms with Crippen molar-refractivity contribution in [3.63, 3.8) is 0 Å². The number of ether oxygens (including phenoxy) is 3. The SMILES string of the molecule is COCCN=C(N)SCc1cc(Cl)cc2c1OCOC2.Cl. The van der Waals surface area contributed by atoms with E-state index in [-0.39, 0.29) is 19.2 Å². The molecule has 0 unspecified atom stereocenters. The first kappa shape index (κ1) is 18.4. The van der Waals surface area contributed by atoms with Crippen LogP contribution in [0.2, 0.25) is 5.02 Å². The van der Waals surface area contributed by atoms with Crippen molar-refractivity contribution in [1.82, 2.24) is 0 Å². The van der Waals surface area contributed by atoms with E-state index in [1.807, 2.05) is 12.1 Å². The van der Waals surface area contributed by atoms with Crippen molar-refractivity contribution in [3.05, 3.63) is 28.3 Å². The first-order valence-electron chi connectivity index (χ1n) is 6.14. The minimum Gasteiger partial charge on any atom is -0.467 e. The van der Waals surface area contributed by atoms with Crippen LogP contribution < -0.4 is 10.5 Å². The van der Waals surface area contributed by atoms with Crippen LogP contribution in [0.25, 0.3) is 0 Å². The first-order valence-corrected chi connectivity index (χ1v) is 7.50. The number of fused-ring (bicyclic) bond motifs is 1. The Balaban J connectivity index is 0.00000220. The second kappa shape index (κ2) is 9.38. The Labute approximate surface area is 139 Å².